The summed E-state index contributed by atoms with van der Waals surface area (Å²) in [6.07, 6.45) is 2.58. The van der Waals surface area contributed by atoms with E-state index in [9.17, 15) is 14.0 Å². The summed E-state index contributed by atoms with van der Waals surface area (Å²) in [4.78, 5) is 24.1. The molecular weight excluding hydrogens is 347 g/mol. The number of hydrogen-bond donors (Lipinski definition) is 2. The van der Waals surface area contributed by atoms with Crippen LogP contribution in [-0.2, 0) is 29.6 Å². The van der Waals surface area contributed by atoms with Gasteiger partial charge in [0.2, 0.25) is 11.8 Å². The SMILES string of the molecule is Cc1cc(CNC(=O)CCC2(Cc3ccc(F)cc3)CCC(=O)N2)nn1C. The predicted octanol–water partition coefficient (Wildman–Crippen LogP) is 2.16. The number of carbonyl (C=O) groups is 2. The number of aryl methyl sites for hydroxylation is 2. The Morgan fingerprint density at radius 3 is 2.70 bits per heavy atom. The van der Waals surface area contributed by atoms with Crippen LogP contribution in [0.4, 0.5) is 4.39 Å². The second-order valence-electron chi connectivity index (χ2n) is 7.31. The fourth-order valence-electron chi connectivity index (χ4n) is 3.53. The molecule has 1 aliphatic rings. The number of nitrogens with one attached hydrogen (secondary N) is 2. The minimum absolute atomic E-state index is 0.00137. The van der Waals surface area contributed by atoms with Crippen molar-refractivity contribution < 1.29 is 14.0 Å². The highest BCUT2D eigenvalue weighted by Crippen LogP contribution is 2.29. The van der Waals surface area contributed by atoms with Crippen LogP contribution in [0, 0.1) is 12.7 Å². The Bertz CT molecular complexity index is 812. The smallest absolute Gasteiger partial charge is 0.220 e. The molecular formula is C20H25FN4O2. The predicted molar refractivity (Wildman–Crippen MR) is 99.2 cm³/mol. The van der Waals surface area contributed by atoms with Crippen LogP contribution >= 0.6 is 0 Å². The van der Waals surface area contributed by atoms with Gasteiger partial charge in [-0.1, -0.05) is 12.1 Å². The molecule has 6 nitrogen and oxygen atoms in total. The van der Waals surface area contributed by atoms with Crippen LogP contribution < -0.4 is 10.6 Å². The van der Waals surface area contributed by atoms with E-state index < -0.39 is 5.54 Å². The Balaban J connectivity index is 1.57. The molecule has 1 aliphatic heterocycles. The first-order chi connectivity index (χ1) is 12.8. The van der Waals surface area contributed by atoms with Gasteiger partial charge in [-0.2, -0.15) is 5.10 Å². The Labute approximate surface area is 158 Å². The van der Waals surface area contributed by atoms with Crippen molar-refractivity contribution in [3.8, 4) is 0 Å². The molecule has 144 valence electrons. The van der Waals surface area contributed by atoms with Crippen LogP contribution in [0.25, 0.3) is 0 Å². The lowest BCUT2D eigenvalue weighted by Crippen LogP contribution is -2.44. The van der Waals surface area contributed by atoms with E-state index in [1.54, 1.807) is 16.8 Å². The Kier molecular flexibility index (Phi) is 5.58. The standard InChI is InChI=1S/C20H25FN4O2/c1-14-11-17(24-25(14)2)13-22-18(26)7-9-20(10-8-19(27)23-20)12-15-3-5-16(21)6-4-15/h3-6,11H,7-10,12-13H2,1-2H3,(H,22,26)(H,23,27). The van der Waals surface area contributed by atoms with Crippen LogP contribution in [0.3, 0.4) is 0 Å². The second kappa shape index (κ2) is 7.90. The number of halogens is 1. The molecule has 1 fully saturated rings. The molecule has 2 amide bonds. The van der Waals surface area contributed by atoms with Gasteiger partial charge in [0.05, 0.1) is 12.2 Å². The zero-order chi connectivity index (χ0) is 19.4. The van der Waals surface area contributed by atoms with Gasteiger partial charge in [-0.25, -0.2) is 4.39 Å². The Hall–Kier alpha value is -2.70. The van der Waals surface area contributed by atoms with Crippen LogP contribution in [-0.4, -0.2) is 27.1 Å². The Morgan fingerprint density at radius 2 is 2.11 bits per heavy atom. The molecule has 2 N–H and O–H groups in total. The maximum absolute atomic E-state index is 13.1. The first-order valence-electron chi connectivity index (χ1n) is 9.17. The minimum atomic E-state index is -0.451. The number of rotatable bonds is 7. The van der Waals surface area contributed by atoms with Crippen LogP contribution in [0.5, 0.6) is 0 Å². The monoisotopic (exact) mass is 372 g/mol. The topological polar surface area (TPSA) is 76.0 Å². The molecule has 0 aliphatic carbocycles. The molecule has 1 aromatic heterocycles. The molecule has 0 saturated carbocycles. The summed E-state index contributed by atoms with van der Waals surface area (Å²) < 4.78 is 14.9. The summed E-state index contributed by atoms with van der Waals surface area (Å²) in [6, 6.07) is 8.23. The molecule has 1 aromatic carbocycles. The average Bonchev–Trinajstić information content (AvgIpc) is 3.16. The summed E-state index contributed by atoms with van der Waals surface area (Å²) in [5.74, 6) is -0.355. The Morgan fingerprint density at radius 1 is 1.37 bits per heavy atom. The van der Waals surface area contributed by atoms with Gasteiger partial charge in [-0.3, -0.25) is 14.3 Å². The van der Waals surface area contributed by atoms with Crippen molar-refractivity contribution in [2.24, 2.45) is 7.05 Å². The van der Waals surface area contributed by atoms with E-state index in [1.807, 2.05) is 20.0 Å². The molecule has 1 atom stereocenters. The first-order valence-corrected chi connectivity index (χ1v) is 9.17. The highest BCUT2D eigenvalue weighted by atomic mass is 19.1. The van der Waals surface area contributed by atoms with E-state index in [4.69, 9.17) is 0 Å². The third kappa shape index (κ3) is 4.93. The van der Waals surface area contributed by atoms with Gasteiger partial charge in [0, 0.05) is 31.1 Å². The molecule has 3 rings (SSSR count). The van der Waals surface area contributed by atoms with Crippen molar-refractivity contribution in [1.29, 1.82) is 0 Å². The van der Waals surface area contributed by atoms with Crippen molar-refractivity contribution in [3.63, 3.8) is 0 Å². The third-order valence-electron chi connectivity index (χ3n) is 5.15. The van der Waals surface area contributed by atoms with Crippen molar-refractivity contribution in [1.82, 2.24) is 20.4 Å². The van der Waals surface area contributed by atoms with Crippen molar-refractivity contribution in [3.05, 3.63) is 53.1 Å². The molecule has 0 spiro atoms. The van der Waals surface area contributed by atoms with Gasteiger partial charge in [0.15, 0.2) is 0 Å². The third-order valence-corrected chi connectivity index (χ3v) is 5.15. The molecule has 7 heteroatoms. The van der Waals surface area contributed by atoms with Crippen molar-refractivity contribution in [2.75, 3.05) is 0 Å². The molecule has 2 heterocycles. The number of benzene rings is 1. The molecule has 0 bridgehead atoms. The van der Waals surface area contributed by atoms with E-state index in [-0.39, 0.29) is 17.6 Å². The quantitative estimate of drug-likeness (QED) is 0.782. The van der Waals surface area contributed by atoms with E-state index in [0.717, 1.165) is 17.0 Å². The van der Waals surface area contributed by atoms with Crippen molar-refractivity contribution >= 4 is 11.8 Å². The number of hydrogen-bond acceptors (Lipinski definition) is 3. The summed E-state index contributed by atoms with van der Waals surface area (Å²) in [7, 11) is 1.86. The lowest BCUT2D eigenvalue weighted by molar-refractivity contribution is -0.122. The molecule has 2 aromatic rings. The van der Waals surface area contributed by atoms with Crippen LogP contribution in [0.15, 0.2) is 30.3 Å². The molecule has 27 heavy (non-hydrogen) atoms. The highest BCUT2D eigenvalue weighted by molar-refractivity contribution is 5.80. The van der Waals surface area contributed by atoms with E-state index in [1.165, 1.54) is 12.1 Å². The number of aromatic nitrogens is 2. The lowest BCUT2D eigenvalue weighted by atomic mass is 9.85. The highest BCUT2D eigenvalue weighted by Gasteiger charge is 2.37. The zero-order valence-corrected chi connectivity index (χ0v) is 15.7. The minimum Gasteiger partial charge on any atom is -0.350 e. The number of amides is 2. The van der Waals surface area contributed by atoms with E-state index in [0.29, 0.717) is 38.6 Å². The fourth-order valence-corrected chi connectivity index (χ4v) is 3.53. The number of nitrogens with zero attached hydrogens (tertiary/aromatic N) is 2. The van der Waals surface area contributed by atoms with Crippen molar-refractivity contribution in [2.45, 2.75) is 51.1 Å². The van der Waals surface area contributed by atoms with E-state index >= 15 is 0 Å². The van der Waals surface area contributed by atoms with Crippen LogP contribution in [0.2, 0.25) is 0 Å². The first kappa shape index (κ1) is 19.1. The van der Waals surface area contributed by atoms with Gasteiger partial charge < -0.3 is 10.6 Å². The summed E-state index contributed by atoms with van der Waals surface area (Å²) >= 11 is 0. The maximum atomic E-state index is 13.1. The van der Waals surface area contributed by atoms with Gasteiger partial charge >= 0.3 is 0 Å². The summed E-state index contributed by atoms with van der Waals surface area (Å²) in [6.45, 7) is 2.35. The van der Waals surface area contributed by atoms with Gasteiger partial charge in [0.25, 0.3) is 0 Å². The summed E-state index contributed by atoms with van der Waals surface area (Å²) in [5.41, 5.74) is 2.35. The van der Waals surface area contributed by atoms with Gasteiger partial charge in [-0.05, 0) is 49.9 Å². The molecule has 1 saturated heterocycles. The van der Waals surface area contributed by atoms with Gasteiger partial charge in [0.1, 0.15) is 5.82 Å². The zero-order valence-electron chi connectivity index (χ0n) is 15.7. The maximum Gasteiger partial charge on any atom is 0.220 e. The fraction of sp³-hybridized carbons (Fsp3) is 0.450. The molecule has 0 radical (unpaired) electrons. The number of carbonyl (C=O) groups excluding carboxylic acids is 2. The second-order valence-corrected chi connectivity index (χ2v) is 7.31. The lowest BCUT2D eigenvalue weighted by Gasteiger charge is -2.29. The average molecular weight is 372 g/mol. The van der Waals surface area contributed by atoms with Gasteiger partial charge in [-0.15, -0.1) is 0 Å². The summed E-state index contributed by atoms with van der Waals surface area (Å²) in [5, 5.41) is 10.2. The van der Waals surface area contributed by atoms with Crippen LogP contribution in [0.1, 0.15) is 42.6 Å². The van der Waals surface area contributed by atoms with E-state index in [2.05, 4.69) is 15.7 Å². The largest absolute Gasteiger partial charge is 0.350 e. The molecule has 1 unspecified atom stereocenters. The normalized spacial score (nSPS) is 19.1.